The molecule has 2 rings (SSSR count). The van der Waals surface area contributed by atoms with Gasteiger partial charge in [0.05, 0.1) is 12.4 Å². The first-order valence-electron chi connectivity index (χ1n) is 12.3. The molecule has 1 aromatic heterocycles. The van der Waals surface area contributed by atoms with E-state index in [2.05, 4.69) is 20.6 Å². The number of carbonyl (C=O) groups is 4. The van der Waals surface area contributed by atoms with Crippen LogP contribution in [0.5, 0.6) is 0 Å². The predicted octanol–water partition coefficient (Wildman–Crippen LogP) is -0.500. The number of aliphatic carboxylic acids is 1. The fourth-order valence-electron chi connectivity index (χ4n) is 4.11. The van der Waals surface area contributed by atoms with Crippen molar-refractivity contribution in [3.8, 4) is 0 Å². The third kappa shape index (κ3) is 8.03. The van der Waals surface area contributed by atoms with Crippen LogP contribution in [0.15, 0.2) is 12.5 Å². The van der Waals surface area contributed by atoms with Gasteiger partial charge in [-0.05, 0) is 44.6 Å². The van der Waals surface area contributed by atoms with Crippen LogP contribution in [-0.2, 0) is 25.6 Å². The fraction of sp³-hybridized carbons (Fsp3) is 0.696. The van der Waals surface area contributed by atoms with E-state index in [1.165, 1.54) is 17.4 Å². The number of nitrogens with two attached hydrogens (primary N) is 2. The second-order valence-corrected chi connectivity index (χ2v) is 9.13. The van der Waals surface area contributed by atoms with Gasteiger partial charge >= 0.3 is 5.97 Å². The lowest BCUT2D eigenvalue weighted by Gasteiger charge is -2.30. The van der Waals surface area contributed by atoms with Crippen molar-refractivity contribution in [3.05, 3.63) is 18.2 Å². The Bertz CT molecular complexity index is 847. The molecule has 5 unspecified atom stereocenters. The molecular formula is C23H39N7O5. The molecule has 8 N–H and O–H groups in total. The first kappa shape index (κ1) is 28.2. The zero-order chi connectivity index (χ0) is 26.0. The summed E-state index contributed by atoms with van der Waals surface area (Å²) in [5, 5.41) is 14.8. The molecule has 1 aromatic rings. The van der Waals surface area contributed by atoms with E-state index in [0.717, 1.165) is 6.42 Å². The summed E-state index contributed by atoms with van der Waals surface area (Å²) in [6.07, 6.45) is 6.30. The van der Waals surface area contributed by atoms with Gasteiger partial charge in [0.1, 0.15) is 18.1 Å². The maximum atomic E-state index is 13.2. The molecule has 0 bridgehead atoms. The van der Waals surface area contributed by atoms with Gasteiger partial charge in [-0.15, -0.1) is 0 Å². The van der Waals surface area contributed by atoms with E-state index in [-0.39, 0.29) is 24.7 Å². The molecule has 1 aliphatic rings. The lowest BCUT2D eigenvalue weighted by molar-refractivity contribution is -0.143. The Kier molecular flexibility index (Phi) is 11.1. The minimum absolute atomic E-state index is 0.0168. The number of nitrogens with zero attached hydrogens (tertiary/aromatic N) is 2. The highest BCUT2D eigenvalue weighted by molar-refractivity contribution is 5.94. The number of imidazole rings is 1. The van der Waals surface area contributed by atoms with Crippen LogP contribution >= 0.6 is 0 Å². The Labute approximate surface area is 205 Å². The molecule has 2 heterocycles. The lowest BCUT2D eigenvalue weighted by Crippen LogP contribution is -2.57. The van der Waals surface area contributed by atoms with E-state index < -0.39 is 42.0 Å². The number of carboxylic acids is 1. The number of likely N-dealkylation sites (tertiary alicyclic amines) is 1. The van der Waals surface area contributed by atoms with Crippen molar-refractivity contribution in [3.63, 3.8) is 0 Å². The molecule has 12 heteroatoms. The molecule has 0 radical (unpaired) electrons. The van der Waals surface area contributed by atoms with E-state index in [1.807, 2.05) is 13.8 Å². The van der Waals surface area contributed by atoms with E-state index >= 15 is 0 Å². The first-order chi connectivity index (χ1) is 16.7. The number of nitrogens with one attached hydrogen (secondary N) is 3. The highest BCUT2D eigenvalue weighted by atomic mass is 16.4. The summed E-state index contributed by atoms with van der Waals surface area (Å²) in [4.78, 5) is 59.0. The van der Waals surface area contributed by atoms with Crippen LogP contribution in [0.4, 0.5) is 0 Å². The monoisotopic (exact) mass is 493 g/mol. The van der Waals surface area contributed by atoms with Crippen LogP contribution in [0.1, 0.15) is 58.1 Å². The maximum Gasteiger partial charge on any atom is 0.326 e. The molecule has 1 saturated heterocycles. The number of aromatic amines is 1. The summed E-state index contributed by atoms with van der Waals surface area (Å²) in [6, 6.07) is -3.58. The molecule has 1 aliphatic heterocycles. The summed E-state index contributed by atoms with van der Waals surface area (Å²) < 4.78 is 0. The zero-order valence-corrected chi connectivity index (χ0v) is 20.5. The normalized spacial score (nSPS) is 19.0. The van der Waals surface area contributed by atoms with Crippen LogP contribution in [0.25, 0.3) is 0 Å². The minimum atomic E-state index is -1.20. The van der Waals surface area contributed by atoms with Crippen LogP contribution in [0.3, 0.4) is 0 Å². The van der Waals surface area contributed by atoms with Crippen molar-refractivity contribution in [1.29, 1.82) is 0 Å². The molecule has 3 amide bonds. The summed E-state index contributed by atoms with van der Waals surface area (Å²) in [6.45, 7) is 4.70. The number of aromatic nitrogens is 2. The van der Waals surface area contributed by atoms with Crippen molar-refractivity contribution in [2.24, 2.45) is 17.4 Å². The molecule has 0 spiro atoms. The van der Waals surface area contributed by atoms with Crippen LogP contribution in [-0.4, -0.2) is 80.9 Å². The van der Waals surface area contributed by atoms with Crippen molar-refractivity contribution in [1.82, 2.24) is 25.5 Å². The van der Waals surface area contributed by atoms with Crippen LogP contribution in [0.2, 0.25) is 0 Å². The average molecular weight is 494 g/mol. The molecule has 0 saturated carbocycles. The van der Waals surface area contributed by atoms with Crippen LogP contribution in [0, 0.1) is 5.92 Å². The van der Waals surface area contributed by atoms with Gasteiger partial charge in [0.2, 0.25) is 17.7 Å². The van der Waals surface area contributed by atoms with Gasteiger partial charge in [0.15, 0.2) is 0 Å². The minimum Gasteiger partial charge on any atom is -0.480 e. The topological polar surface area (TPSA) is 197 Å². The summed E-state index contributed by atoms with van der Waals surface area (Å²) >= 11 is 0. The standard InChI is InChI=1S/C23H39N7O5/c1-3-14(2)19(25)22(33)30-10-6-8-18(30)21(32)28-16(7-4-5-9-24)20(31)29-17(23(34)35)11-15-12-26-13-27-15/h12-14,16-19H,3-11,24-25H2,1-2H3,(H,26,27)(H,28,32)(H,29,31)(H,34,35). The third-order valence-corrected chi connectivity index (χ3v) is 6.55. The average Bonchev–Trinajstić information content (AvgIpc) is 3.53. The van der Waals surface area contributed by atoms with E-state index in [4.69, 9.17) is 11.5 Å². The fourth-order valence-corrected chi connectivity index (χ4v) is 4.11. The molecule has 0 aromatic carbocycles. The number of hydrogen-bond acceptors (Lipinski definition) is 7. The lowest BCUT2D eigenvalue weighted by atomic mass is 9.98. The largest absolute Gasteiger partial charge is 0.480 e. The predicted molar refractivity (Wildman–Crippen MR) is 129 cm³/mol. The number of carboxylic acid groups (broad SMARTS) is 1. The SMILES string of the molecule is CCC(C)C(N)C(=O)N1CCCC1C(=O)NC(CCCCN)C(=O)NC(Cc1cnc[nH]1)C(=O)O. The Balaban J connectivity index is 2.10. The summed E-state index contributed by atoms with van der Waals surface area (Å²) in [5.74, 6) is -2.54. The van der Waals surface area contributed by atoms with Gasteiger partial charge in [-0.2, -0.15) is 0 Å². The maximum absolute atomic E-state index is 13.2. The Morgan fingerprint density at radius 1 is 1.26 bits per heavy atom. The van der Waals surface area contributed by atoms with Crippen molar-refractivity contribution >= 4 is 23.7 Å². The van der Waals surface area contributed by atoms with E-state index in [0.29, 0.717) is 44.5 Å². The number of hydrogen-bond donors (Lipinski definition) is 6. The number of carbonyl (C=O) groups excluding carboxylic acids is 3. The summed E-state index contributed by atoms with van der Waals surface area (Å²) in [5.41, 5.74) is 12.2. The molecule has 12 nitrogen and oxygen atoms in total. The Hall–Kier alpha value is -2.99. The Morgan fingerprint density at radius 3 is 2.60 bits per heavy atom. The van der Waals surface area contributed by atoms with E-state index in [1.54, 1.807) is 0 Å². The molecule has 5 atom stereocenters. The number of rotatable bonds is 14. The second-order valence-electron chi connectivity index (χ2n) is 9.13. The van der Waals surface area contributed by atoms with Crippen molar-refractivity contribution < 1.29 is 24.3 Å². The summed E-state index contributed by atoms with van der Waals surface area (Å²) in [7, 11) is 0. The molecule has 0 aliphatic carbocycles. The zero-order valence-electron chi connectivity index (χ0n) is 20.5. The van der Waals surface area contributed by atoms with Crippen molar-refractivity contribution in [2.75, 3.05) is 13.1 Å². The first-order valence-corrected chi connectivity index (χ1v) is 12.3. The molecule has 196 valence electrons. The van der Waals surface area contributed by atoms with Gasteiger partial charge in [0, 0.05) is 24.9 Å². The highest BCUT2D eigenvalue weighted by Crippen LogP contribution is 2.21. The number of amides is 3. The number of H-pyrrole nitrogens is 1. The van der Waals surface area contributed by atoms with Gasteiger partial charge in [0.25, 0.3) is 0 Å². The molecular weight excluding hydrogens is 454 g/mol. The molecule has 1 fully saturated rings. The third-order valence-electron chi connectivity index (χ3n) is 6.55. The smallest absolute Gasteiger partial charge is 0.326 e. The molecule has 35 heavy (non-hydrogen) atoms. The van der Waals surface area contributed by atoms with Crippen molar-refractivity contribution in [2.45, 2.75) is 83.0 Å². The van der Waals surface area contributed by atoms with Crippen LogP contribution < -0.4 is 22.1 Å². The highest BCUT2D eigenvalue weighted by Gasteiger charge is 2.38. The van der Waals surface area contributed by atoms with Gasteiger partial charge < -0.3 is 37.1 Å². The number of unbranched alkanes of at least 4 members (excludes halogenated alkanes) is 1. The quantitative estimate of drug-likeness (QED) is 0.186. The van der Waals surface area contributed by atoms with Gasteiger partial charge in [-0.1, -0.05) is 20.3 Å². The Morgan fingerprint density at radius 2 is 2.00 bits per heavy atom. The van der Waals surface area contributed by atoms with Gasteiger partial charge in [-0.25, -0.2) is 9.78 Å². The van der Waals surface area contributed by atoms with E-state index in [9.17, 15) is 24.3 Å². The second kappa shape index (κ2) is 13.8. The van der Waals surface area contributed by atoms with Gasteiger partial charge in [-0.3, -0.25) is 14.4 Å².